The van der Waals surface area contributed by atoms with Crippen LogP contribution in [0.25, 0.3) is 0 Å². The molecule has 0 atom stereocenters. The first kappa shape index (κ1) is 20.6. The average Bonchev–Trinajstić information content (AvgIpc) is 3.13. The summed E-state index contributed by atoms with van der Waals surface area (Å²) >= 11 is 9.80. The smallest absolute Gasteiger partial charge is 0.291 e. The van der Waals surface area contributed by atoms with Crippen molar-refractivity contribution in [1.29, 1.82) is 0 Å². The van der Waals surface area contributed by atoms with Gasteiger partial charge >= 0.3 is 0 Å². The molecule has 1 aromatic heterocycles. The van der Waals surface area contributed by atoms with Gasteiger partial charge in [-0.05, 0) is 68.3 Å². The van der Waals surface area contributed by atoms with Gasteiger partial charge in [0.25, 0.3) is 11.6 Å². The number of carbonyl (C=O) groups is 1. The number of furan rings is 1. The van der Waals surface area contributed by atoms with Gasteiger partial charge in [0.1, 0.15) is 18.1 Å². The molecule has 0 unspecified atom stereocenters. The highest BCUT2D eigenvalue weighted by molar-refractivity contribution is 9.11. The second-order valence-corrected chi connectivity index (χ2v) is 8.13. The number of halogens is 3. The quantitative estimate of drug-likeness (QED) is 0.275. The summed E-state index contributed by atoms with van der Waals surface area (Å²) in [6.45, 7) is 0.167. The Hall–Kier alpha value is -2.17. The molecule has 3 aromatic rings. The Kier molecular flexibility index (Phi) is 6.53. The van der Waals surface area contributed by atoms with E-state index in [0.717, 1.165) is 4.47 Å². The summed E-state index contributed by atoms with van der Waals surface area (Å²) in [5.41, 5.74) is 0.252. The number of nitro groups is 1. The molecule has 0 radical (unpaired) electrons. The predicted octanol–water partition coefficient (Wildman–Crippen LogP) is 6.31. The van der Waals surface area contributed by atoms with Gasteiger partial charge in [-0.15, -0.1) is 0 Å². The summed E-state index contributed by atoms with van der Waals surface area (Å²) in [6, 6.07) is 13.1. The lowest BCUT2D eigenvalue weighted by atomic mass is 10.2. The van der Waals surface area contributed by atoms with Gasteiger partial charge in [-0.25, -0.2) is 0 Å². The summed E-state index contributed by atoms with van der Waals surface area (Å²) in [5.74, 6) is 0.746. The molecule has 2 aromatic carbocycles. The number of nitrogens with one attached hydrogen (secondary N) is 1. The largest absolute Gasteiger partial charge is 0.486 e. The molecule has 3 rings (SSSR count). The number of nitrogens with zero attached hydrogens (tertiary/aromatic N) is 1. The molecule has 0 saturated heterocycles. The third-order valence-electron chi connectivity index (χ3n) is 3.56. The van der Waals surface area contributed by atoms with Gasteiger partial charge in [0.05, 0.1) is 10.6 Å². The Morgan fingerprint density at radius 2 is 1.71 bits per heavy atom. The van der Waals surface area contributed by atoms with E-state index in [9.17, 15) is 14.9 Å². The van der Waals surface area contributed by atoms with Crippen molar-refractivity contribution in [1.82, 2.24) is 0 Å². The molecule has 0 aliphatic rings. The van der Waals surface area contributed by atoms with E-state index in [2.05, 4.69) is 53.1 Å². The number of anilines is 1. The first-order chi connectivity index (χ1) is 13.3. The maximum absolute atomic E-state index is 12.4. The van der Waals surface area contributed by atoms with Crippen molar-refractivity contribution in [3.8, 4) is 5.75 Å². The number of hydrogen-bond donors (Lipinski definition) is 1. The monoisotopic (exact) mass is 572 g/mol. The summed E-state index contributed by atoms with van der Waals surface area (Å²) in [5, 5.41) is 13.6. The summed E-state index contributed by atoms with van der Waals surface area (Å²) in [6.07, 6.45) is 0. The molecule has 0 spiro atoms. The minimum atomic E-state index is -0.522. The molecular weight excluding hydrogens is 564 g/mol. The lowest BCUT2D eigenvalue weighted by Crippen LogP contribution is -2.12. The Morgan fingerprint density at radius 3 is 2.32 bits per heavy atom. The molecule has 0 aliphatic carbocycles. The molecule has 10 heteroatoms. The van der Waals surface area contributed by atoms with Gasteiger partial charge in [0.15, 0.2) is 5.76 Å². The fourth-order valence-electron chi connectivity index (χ4n) is 2.22. The predicted molar refractivity (Wildman–Crippen MR) is 114 cm³/mol. The topological polar surface area (TPSA) is 94.6 Å². The van der Waals surface area contributed by atoms with Gasteiger partial charge < -0.3 is 14.5 Å². The number of carbonyl (C=O) groups excluding carboxylic acids is 1. The molecule has 0 fully saturated rings. The van der Waals surface area contributed by atoms with Crippen molar-refractivity contribution in [3.05, 3.63) is 83.6 Å². The molecule has 0 saturated carbocycles. The van der Waals surface area contributed by atoms with Gasteiger partial charge in [0.2, 0.25) is 0 Å². The number of amides is 1. The first-order valence-corrected chi connectivity index (χ1v) is 10.1. The maximum atomic E-state index is 12.4. The van der Waals surface area contributed by atoms with Crippen LogP contribution in [0.1, 0.15) is 16.3 Å². The first-order valence-electron chi connectivity index (χ1n) is 7.75. The molecule has 144 valence electrons. The van der Waals surface area contributed by atoms with Crippen LogP contribution in [0.15, 0.2) is 66.4 Å². The molecular formula is C18H11Br3N2O5. The van der Waals surface area contributed by atoms with Crippen molar-refractivity contribution >= 4 is 65.1 Å². The van der Waals surface area contributed by atoms with E-state index in [0.29, 0.717) is 26.1 Å². The highest BCUT2D eigenvalue weighted by Crippen LogP contribution is 2.35. The van der Waals surface area contributed by atoms with Crippen LogP contribution in [0.3, 0.4) is 0 Å². The van der Waals surface area contributed by atoms with Gasteiger partial charge in [0, 0.05) is 25.6 Å². The zero-order valence-corrected chi connectivity index (χ0v) is 18.7. The fourth-order valence-corrected chi connectivity index (χ4v) is 3.85. The second-order valence-electron chi connectivity index (χ2n) is 5.50. The minimum absolute atomic E-state index is 0.0894. The van der Waals surface area contributed by atoms with Crippen LogP contribution in [0.5, 0.6) is 5.75 Å². The zero-order chi connectivity index (χ0) is 20.3. The average molecular weight is 575 g/mol. The maximum Gasteiger partial charge on any atom is 0.291 e. The van der Waals surface area contributed by atoms with Crippen LogP contribution in [-0.2, 0) is 6.61 Å². The van der Waals surface area contributed by atoms with E-state index in [4.69, 9.17) is 9.15 Å². The second kappa shape index (κ2) is 8.89. The molecule has 1 amide bonds. The number of benzene rings is 2. The third kappa shape index (κ3) is 5.00. The van der Waals surface area contributed by atoms with Gasteiger partial charge in [-0.1, -0.05) is 15.9 Å². The SMILES string of the molecule is O=C(Nc1c(Br)cc([N+](=O)[O-])cc1Br)c1ccc(COc2ccc(Br)cc2)o1. The van der Waals surface area contributed by atoms with E-state index >= 15 is 0 Å². The van der Waals surface area contributed by atoms with Crippen molar-refractivity contribution in [2.24, 2.45) is 0 Å². The highest BCUT2D eigenvalue weighted by atomic mass is 79.9. The van der Waals surface area contributed by atoms with Crippen LogP contribution < -0.4 is 10.1 Å². The number of rotatable bonds is 6. The van der Waals surface area contributed by atoms with Crippen LogP contribution >= 0.6 is 47.8 Å². The van der Waals surface area contributed by atoms with Crippen LogP contribution in [0, 0.1) is 10.1 Å². The molecule has 1 heterocycles. The third-order valence-corrected chi connectivity index (χ3v) is 5.34. The summed E-state index contributed by atoms with van der Waals surface area (Å²) in [7, 11) is 0. The molecule has 7 nitrogen and oxygen atoms in total. The normalized spacial score (nSPS) is 10.5. The summed E-state index contributed by atoms with van der Waals surface area (Å²) < 4.78 is 12.8. The fraction of sp³-hybridized carbons (Fsp3) is 0.0556. The summed E-state index contributed by atoms with van der Waals surface area (Å²) in [4.78, 5) is 22.8. The van der Waals surface area contributed by atoms with Crippen LogP contribution in [0.2, 0.25) is 0 Å². The lowest BCUT2D eigenvalue weighted by Gasteiger charge is -2.08. The van der Waals surface area contributed by atoms with E-state index in [1.54, 1.807) is 6.07 Å². The minimum Gasteiger partial charge on any atom is -0.486 e. The van der Waals surface area contributed by atoms with Crippen LogP contribution in [0.4, 0.5) is 11.4 Å². The molecule has 0 bridgehead atoms. The number of ether oxygens (including phenoxy) is 1. The van der Waals surface area contributed by atoms with Crippen molar-refractivity contribution < 1.29 is 18.9 Å². The van der Waals surface area contributed by atoms with Gasteiger partial charge in [-0.2, -0.15) is 0 Å². The Labute approximate surface area is 184 Å². The van der Waals surface area contributed by atoms with E-state index in [1.165, 1.54) is 18.2 Å². The molecule has 0 aliphatic heterocycles. The van der Waals surface area contributed by atoms with Crippen LogP contribution in [-0.4, -0.2) is 10.8 Å². The van der Waals surface area contributed by atoms with E-state index in [1.807, 2.05) is 24.3 Å². The number of non-ortho nitro benzene ring substituents is 1. The Morgan fingerprint density at radius 1 is 1.07 bits per heavy atom. The lowest BCUT2D eigenvalue weighted by molar-refractivity contribution is -0.385. The number of nitro benzene ring substituents is 1. The highest BCUT2D eigenvalue weighted by Gasteiger charge is 2.18. The van der Waals surface area contributed by atoms with E-state index < -0.39 is 10.8 Å². The standard InChI is InChI=1S/C18H11Br3N2O5/c19-10-1-3-12(4-2-10)27-9-13-5-6-16(28-13)18(24)22-17-14(20)7-11(23(25)26)8-15(17)21/h1-8H,9H2,(H,22,24). The van der Waals surface area contributed by atoms with Crippen molar-refractivity contribution in [2.45, 2.75) is 6.61 Å². The number of hydrogen-bond acceptors (Lipinski definition) is 5. The molecule has 1 N–H and O–H groups in total. The van der Waals surface area contributed by atoms with E-state index in [-0.39, 0.29) is 18.1 Å². The van der Waals surface area contributed by atoms with Gasteiger partial charge in [-0.3, -0.25) is 14.9 Å². The Balaban J connectivity index is 1.67. The zero-order valence-electron chi connectivity index (χ0n) is 13.9. The van der Waals surface area contributed by atoms with Crippen molar-refractivity contribution in [2.75, 3.05) is 5.32 Å². The Bertz CT molecular complexity index is 1010. The van der Waals surface area contributed by atoms with Crippen molar-refractivity contribution in [3.63, 3.8) is 0 Å². The molecule has 28 heavy (non-hydrogen) atoms.